The molecule has 0 spiro atoms. The van der Waals surface area contributed by atoms with Crippen molar-refractivity contribution in [1.82, 2.24) is 20.4 Å². The Kier molecular flexibility index (Phi) is 6.22. The van der Waals surface area contributed by atoms with Gasteiger partial charge < -0.3 is 19.5 Å². The van der Waals surface area contributed by atoms with Gasteiger partial charge in [-0.15, -0.1) is 0 Å². The smallest absolute Gasteiger partial charge is 0.317 e. The van der Waals surface area contributed by atoms with E-state index >= 15 is 0 Å². The average molecular weight is 358 g/mol. The minimum Gasteiger partial charge on any atom is -0.373 e. The highest BCUT2D eigenvalue weighted by Crippen LogP contribution is 2.17. The zero-order valence-electron chi connectivity index (χ0n) is 15.4. The predicted octanol–water partition coefficient (Wildman–Crippen LogP) is 3.08. The molecule has 1 saturated heterocycles. The first kappa shape index (κ1) is 18.4. The number of pyridine rings is 1. The van der Waals surface area contributed by atoms with Crippen LogP contribution in [0.3, 0.4) is 0 Å². The van der Waals surface area contributed by atoms with Gasteiger partial charge in [0.2, 0.25) is 0 Å². The van der Waals surface area contributed by atoms with Crippen molar-refractivity contribution in [2.75, 3.05) is 13.1 Å². The van der Waals surface area contributed by atoms with E-state index in [0.717, 1.165) is 29.9 Å². The van der Waals surface area contributed by atoms with E-state index in [9.17, 15) is 4.79 Å². The van der Waals surface area contributed by atoms with E-state index < -0.39 is 0 Å². The fraction of sp³-hybridized carbons (Fsp3) is 0.526. The number of carbonyl (C=O) groups is 1. The molecule has 0 unspecified atom stereocenters. The Balaban J connectivity index is 1.37. The van der Waals surface area contributed by atoms with Gasteiger partial charge in [-0.05, 0) is 24.5 Å². The molecule has 3 rings (SSSR count). The van der Waals surface area contributed by atoms with Gasteiger partial charge in [0.25, 0.3) is 0 Å². The molecule has 2 amide bonds. The Morgan fingerprint density at radius 1 is 1.42 bits per heavy atom. The summed E-state index contributed by atoms with van der Waals surface area (Å²) in [5.41, 5.74) is 1.82. The van der Waals surface area contributed by atoms with Crippen molar-refractivity contribution in [2.24, 2.45) is 0 Å². The molecule has 0 bridgehead atoms. The van der Waals surface area contributed by atoms with Gasteiger partial charge in [-0.3, -0.25) is 4.98 Å². The van der Waals surface area contributed by atoms with Crippen LogP contribution in [0.15, 0.2) is 35.1 Å². The molecule has 2 aromatic heterocycles. The third-order valence-electron chi connectivity index (χ3n) is 4.50. The van der Waals surface area contributed by atoms with Crippen molar-refractivity contribution < 1.29 is 14.1 Å². The Labute approximate surface area is 153 Å². The van der Waals surface area contributed by atoms with E-state index in [4.69, 9.17) is 9.26 Å². The molecule has 140 valence electrons. The molecule has 1 fully saturated rings. The number of likely N-dealkylation sites (tertiary alicyclic amines) is 1. The normalized spacial score (nSPS) is 15.4. The Morgan fingerprint density at radius 2 is 2.23 bits per heavy atom. The van der Waals surface area contributed by atoms with Crippen molar-refractivity contribution in [2.45, 2.75) is 51.9 Å². The van der Waals surface area contributed by atoms with Crippen LogP contribution in [0.5, 0.6) is 0 Å². The quantitative estimate of drug-likeness (QED) is 0.858. The maximum absolute atomic E-state index is 12.3. The number of hydrogen-bond acceptors (Lipinski definition) is 5. The van der Waals surface area contributed by atoms with E-state index in [0.29, 0.717) is 26.2 Å². The molecule has 1 N–H and O–H groups in total. The summed E-state index contributed by atoms with van der Waals surface area (Å²) in [7, 11) is 0. The molecular formula is C19H26N4O3. The molecule has 1 aliphatic heterocycles. The topological polar surface area (TPSA) is 80.5 Å². The second kappa shape index (κ2) is 8.80. The summed E-state index contributed by atoms with van der Waals surface area (Å²) in [5, 5.41) is 6.90. The van der Waals surface area contributed by atoms with Crippen LogP contribution in [0, 0.1) is 0 Å². The monoisotopic (exact) mass is 358 g/mol. The SMILES string of the molecule is CC(C)c1cc(CNC(=O)N2CCC(OCc3cccnc3)CC2)no1. The largest absolute Gasteiger partial charge is 0.373 e. The number of carbonyl (C=O) groups excluding carboxylic acids is 1. The maximum Gasteiger partial charge on any atom is 0.317 e. The highest BCUT2D eigenvalue weighted by Gasteiger charge is 2.23. The van der Waals surface area contributed by atoms with Crippen molar-refractivity contribution >= 4 is 6.03 Å². The number of piperidine rings is 1. The molecule has 0 atom stereocenters. The van der Waals surface area contributed by atoms with E-state index in [-0.39, 0.29) is 18.1 Å². The first-order valence-corrected chi connectivity index (χ1v) is 9.10. The number of ether oxygens (including phenoxy) is 1. The number of hydrogen-bond donors (Lipinski definition) is 1. The van der Waals surface area contributed by atoms with Gasteiger partial charge in [-0.2, -0.15) is 0 Å². The molecule has 1 aliphatic rings. The van der Waals surface area contributed by atoms with E-state index in [1.165, 1.54) is 0 Å². The molecule has 0 saturated carbocycles. The van der Waals surface area contributed by atoms with Crippen LogP contribution >= 0.6 is 0 Å². The second-order valence-electron chi connectivity index (χ2n) is 6.89. The van der Waals surface area contributed by atoms with Crippen LogP contribution in [0.1, 0.15) is 49.6 Å². The minimum atomic E-state index is -0.0650. The summed E-state index contributed by atoms with van der Waals surface area (Å²) in [6.45, 7) is 6.42. The van der Waals surface area contributed by atoms with Gasteiger partial charge in [-0.1, -0.05) is 25.1 Å². The lowest BCUT2D eigenvalue weighted by Crippen LogP contribution is -2.45. The van der Waals surface area contributed by atoms with Gasteiger partial charge >= 0.3 is 6.03 Å². The lowest BCUT2D eigenvalue weighted by Gasteiger charge is -2.31. The number of rotatable bonds is 6. The number of nitrogens with one attached hydrogen (secondary N) is 1. The number of aromatic nitrogens is 2. The first-order valence-electron chi connectivity index (χ1n) is 9.10. The van der Waals surface area contributed by atoms with Gasteiger partial charge in [-0.25, -0.2) is 4.79 Å². The number of urea groups is 1. The zero-order valence-corrected chi connectivity index (χ0v) is 15.4. The molecule has 0 aromatic carbocycles. The van der Waals surface area contributed by atoms with Gasteiger partial charge in [0.15, 0.2) is 0 Å². The molecular weight excluding hydrogens is 332 g/mol. The van der Waals surface area contributed by atoms with Gasteiger partial charge in [0.05, 0.1) is 19.3 Å². The molecule has 3 heterocycles. The fourth-order valence-corrected chi connectivity index (χ4v) is 2.88. The Bertz CT molecular complexity index is 694. The standard InChI is InChI=1S/C19H26N4O3/c1-14(2)18-10-16(22-26-18)12-21-19(24)23-8-5-17(6-9-23)25-13-15-4-3-7-20-11-15/h3-4,7,10-11,14,17H,5-6,8-9,12-13H2,1-2H3,(H,21,24). The molecule has 26 heavy (non-hydrogen) atoms. The lowest BCUT2D eigenvalue weighted by molar-refractivity contribution is 0.00433. The third-order valence-corrected chi connectivity index (χ3v) is 4.50. The Morgan fingerprint density at radius 3 is 2.88 bits per heavy atom. The summed E-state index contributed by atoms with van der Waals surface area (Å²) in [6.07, 6.45) is 5.44. The summed E-state index contributed by atoms with van der Waals surface area (Å²) in [4.78, 5) is 18.2. The number of amides is 2. The van der Waals surface area contributed by atoms with Crippen LogP contribution in [0.2, 0.25) is 0 Å². The molecule has 0 aliphatic carbocycles. The van der Waals surface area contributed by atoms with E-state index in [1.54, 1.807) is 6.20 Å². The van der Waals surface area contributed by atoms with Crippen LogP contribution in [0.4, 0.5) is 4.79 Å². The van der Waals surface area contributed by atoms with Gasteiger partial charge in [0, 0.05) is 37.5 Å². The van der Waals surface area contributed by atoms with Gasteiger partial charge in [0.1, 0.15) is 11.5 Å². The van der Waals surface area contributed by atoms with Crippen molar-refractivity contribution in [3.05, 3.63) is 47.6 Å². The lowest BCUT2D eigenvalue weighted by atomic mass is 10.1. The van der Waals surface area contributed by atoms with Crippen LogP contribution in [-0.4, -0.2) is 40.3 Å². The highest BCUT2D eigenvalue weighted by atomic mass is 16.5. The van der Waals surface area contributed by atoms with Crippen LogP contribution in [-0.2, 0) is 17.9 Å². The molecule has 7 heteroatoms. The van der Waals surface area contributed by atoms with E-state index in [1.807, 2.05) is 43.1 Å². The first-order chi connectivity index (χ1) is 12.6. The second-order valence-corrected chi connectivity index (χ2v) is 6.89. The Hall–Kier alpha value is -2.41. The molecule has 2 aromatic rings. The fourth-order valence-electron chi connectivity index (χ4n) is 2.88. The van der Waals surface area contributed by atoms with Crippen LogP contribution in [0.25, 0.3) is 0 Å². The summed E-state index contributed by atoms with van der Waals surface area (Å²) < 4.78 is 11.2. The van der Waals surface area contributed by atoms with Crippen molar-refractivity contribution in [3.8, 4) is 0 Å². The zero-order chi connectivity index (χ0) is 18.4. The van der Waals surface area contributed by atoms with Crippen LogP contribution < -0.4 is 5.32 Å². The average Bonchev–Trinajstić information content (AvgIpc) is 3.15. The molecule has 0 radical (unpaired) electrons. The highest BCUT2D eigenvalue weighted by molar-refractivity contribution is 5.74. The van der Waals surface area contributed by atoms with Crippen molar-refractivity contribution in [3.63, 3.8) is 0 Å². The summed E-state index contributed by atoms with van der Waals surface area (Å²) >= 11 is 0. The van der Waals surface area contributed by atoms with Crippen molar-refractivity contribution in [1.29, 1.82) is 0 Å². The van der Waals surface area contributed by atoms with E-state index in [2.05, 4.69) is 15.5 Å². The summed E-state index contributed by atoms with van der Waals surface area (Å²) in [6, 6.07) is 5.74. The predicted molar refractivity (Wildman–Crippen MR) is 96.4 cm³/mol. The minimum absolute atomic E-state index is 0.0650. The third kappa shape index (κ3) is 5.05. The maximum atomic E-state index is 12.3. The molecule has 7 nitrogen and oxygen atoms in total. The summed E-state index contributed by atoms with van der Waals surface area (Å²) in [5.74, 6) is 1.12. The number of nitrogens with zero attached hydrogens (tertiary/aromatic N) is 3.